The summed E-state index contributed by atoms with van der Waals surface area (Å²) in [6.07, 6.45) is -4.53. The maximum atomic E-state index is 12.8. The molecule has 0 aliphatic carbocycles. The van der Waals surface area contributed by atoms with Crippen LogP contribution in [0, 0.1) is 6.92 Å². The van der Waals surface area contributed by atoms with Gasteiger partial charge in [-0.15, -0.1) is 0 Å². The minimum absolute atomic E-state index is 0.0749. The third-order valence-corrected chi connectivity index (χ3v) is 2.94. The van der Waals surface area contributed by atoms with Gasteiger partial charge in [0.2, 0.25) is 0 Å². The van der Waals surface area contributed by atoms with Gasteiger partial charge in [-0.2, -0.15) is 13.2 Å². The number of hydrogen-bond donors (Lipinski definition) is 1. The van der Waals surface area contributed by atoms with Gasteiger partial charge < -0.3 is 15.2 Å². The van der Waals surface area contributed by atoms with Crippen LogP contribution in [0.4, 0.5) is 18.9 Å². The molecule has 1 heterocycles. The molecule has 0 bridgehead atoms. The van der Waals surface area contributed by atoms with Gasteiger partial charge in [-0.25, -0.2) is 4.98 Å². The van der Waals surface area contributed by atoms with Gasteiger partial charge in [0.15, 0.2) is 5.75 Å². The van der Waals surface area contributed by atoms with Gasteiger partial charge in [0.25, 0.3) is 0 Å². The summed E-state index contributed by atoms with van der Waals surface area (Å²) in [4.78, 5) is 3.64. The number of hydrogen-bond acceptors (Lipinski definition) is 4. The summed E-state index contributed by atoms with van der Waals surface area (Å²) in [5, 5.41) is 0.414. The Labute approximate surface area is 113 Å². The molecule has 0 unspecified atom stereocenters. The Balaban J connectivity index is 2.92. The Kier molecular flexibility index (Phi) is 3.37. The second kappa shape index (κ2) is 4.73. The fraction of sp³-hybridized carbons (Fsp3) is 0.308. The van der Waals surface area contributed by atoms with Gasteiger partial charge in [-0.05, 0) is 18.6 Å². The van der Waals surface area contributed by atoms with E-state index < -0.39 is 11.9 Å². The van der Waals surface area contributed by atoms with Crippen LogP contribution in [-0.2, 0) is 6.18 Å². The SMILES string of the molecule is COc1cc(N)c(OC)c2c(C)cc(C(F)(F)F)nc12. The molecular formula is C13H13F3N2O2. The van der Waals surface area contributed by atoms with E-state index in [9.17, 15) is 13.2 Å². The minimum Gasteiger partial charge on any atom is -0.494 e. The molecule has 2 N–H and O–H groups in total. The number of rotatable bonds is 2. The summed E-state index contributed by atoms with van der Waals surface area (Å²) in [7, 11) is 2.74. The molecule has 0 amide bonds. The first-order chi connectivity index (χ1) is 9.29. The summed E-state index contributed by atoms with van der Waals surface area (Å²) in [6.45, 7) is 1.54. The molecule has 20 heavy (non-hydrogen) atoms. The first kappa shape index (κ1) is 14.2. The highest BCUT2D eigenvalue weighted by molar-refractivity contribution is 5.97. The number of alkyl halides is 3. The molecule has 0 aliphatic rings. The summed E-state index contributed by atoms with van der Waals surface area (Å²) in [5.74, 6) is 0.465. The van der Waals surface area contributed by atoms with Crippen molar-refractivity contribution in [2.24, 2.45) is 0 Å². The van der Waals surface area contributed by atoms with Crippen LogP contribution in [0.3, 0.4) is 0 Å². The molecule has 2 aromatic rings. The zero-order valence-electron chi connectivity index (χ0n) is 11.1. The predicted molar refractivity (Wildman–Crippen MR) is 69.0 cm³/mol. The average Bonchev–Trinajstić information content (AvgIpc) is 2.37. The van der Waals surface area contributed by atoms with E-state index >= 15 is 0 Å². The van der Waals surface area contributed by atoms with Crippen LogP contribution in [0.1, 0.15) is 11.3 Å². The van der Waals surface area contributed by atoms with E-state index in [0.717, 1.165) is 6.07 Å². The van der Waals surface area contributed by atoms with Crippen LogP contribution in [0.15, 0.2) is 12.1 Å². The number of nitrogen functional groups attached to an aromatic ring is 1. The van der Waals surface area contributed by atoms with E-state index in [0.29, 0.717) is 16.7 Å². The molecule has 0 aliphatic heterocycles. The summed E-state index contributed by atoms with van der Waals surface area (Å²) >= 11 is 0. The quantitative estimate of drug-likeness (QED) is 0.861. The third kappa shape index (κ3) is 2.19. The first-order valence-corrected chi connectivity index (χ1v) is 5.68. The van der Waals surface area contributed by atoms with Crippen LogP contribution < -0.4 is 15.2 Å². The van der Waals surface area contributed by atoms with Crippen LogP contribution in [0.5, 0.6) is 11.5 Å². The first-order valence-electron chi connectivity index (χ1n) is 5.68. The van der Waals surface area contributed by atoms with E-state index in [2.05, 4.69) is 4.98 Å². The van der Waals surface area contributed by atoms with E-state index in [1.54, 1.807) is 6.92 Å². The lowest BCUT2D eigenvalue weighted by Crippen LogP contribution is -2.09. The maximum Gasteiger partial charge on any atom is 0.433 e. The molecule has 1 aromatic carbocycles. The number of anilines is 1. The highest BCUT2D eigenvalue weighted by Gasteiger charge is 2.34. The molecule has 0 atom stereocenters. The molecule has 0 spiro atoms. The molecular weight excluding hydrogens is 273 g/mol. The van der Waals surface area contributed by atoms with Gasteiger partial charge in [-0.1, -0.05) is 0 Å². The zero-order chi connectivity index (χ0) is 15.1. The van der Waals surface area contributed by atoms with Crippen LogP contribution >= 0.6 is 0 Å². The van der Waals surface area contributed by atoms with Crippen molar-refractivity contribution in [3.63, 3.8) is 0 Å². The smallest absolute Gasteiger partial charge is 0.433 e. The molecule has 0 fully saturated rings. The van der Waals surface area contributed by atoms with Crippen molar-refractivity contribution in [1.82, 2.24) is 4.98 Å². The van der Waals surface area contributed by atoms with Gasteiger partial charge >= 0.3 is 6.18 Å². The third-order valence-electron chi connectivity index (χ3n) is 2.94. The number of pyridine rings is 1. The van der Waals surface area contributed by atoms with Crippen molar-refractivity contribution in [2.45, 2.75) is 13.1 Å². The highest BCUT2D eigenvalue weighted by atomic mass is 19.4. The average molecular weight is 286 g/mol. The molecule has 108 valence electrons. The number of fused-ring (bicyclic) bond motifs is 1. The Hall–Kier alpha value is -2.18. The monoisotopic (exact) mass is 286 g/mol. The number of nitrogens with zero attached hydrogens (tertiary/aromatic N) is 1. The van der Waals surface area contributed by atoms with Gasteiger partial charge in [-0.3, -0.25) is 0 Å². The Morgan fingerprint density at radius 3 is 2.30 bits per heavy atom. The lowest BCUT2D eigenvalue weighted by atomic mass is 10.1. The second-order valence-corrected chi connectivity index (χ2v) is 4.25. The lowest BCUT2D eigenvalue weighted by molar-refractivity contribution is -0.141. The van der Waals surface area contributed by atoms with Crippen molar-refractivity contribution in [3.8, 4) is 11.5 Å². The standard InChI is InChI=1S/C13H13F3N2O2/c1-6-4-9(13(14,15)16)18-11-8(19-2)5-7(17)12(20-3)10(6)11/h4-5H,17H2,1-3H3. The summed E-state index contributed by atoms with van der Waals surface area (Å²) < 4.78 is 48.7. The van der Waals surface area contributed by atoms with Crippen molar-refractivity contribution in [3.05, 3.63) is 23.4 Å². The molecule has 0 saturated heterocycles. The molecule has 4 nitrogen and oxygen atoms in total. The Morgan fingerprint density at radius 1 is 1.15 bits per heavy atom. The predicted octanol–water partition coefficient (Wildman–Crippen LogP) is 3.16. The van der Waals surface area contributed by atoms with Crippen LogP contribution in [0.2, 0.25) is 0 Å². The molecule has 0 radical (unpaired) electrons. The van der Waals surface area contributed by atoms with Crippen LogP contribution in [-0.4, -0.2) is 19.2 Å². The van der Waals surface area contributed by atoms with E-state index in [1.807, 2.05) is 0 Å². The highest BCUT2D eigenvalue weighted by Crippen LogP contribution is 2.41. The Morgan fingerprint density at radius 2 is 1.80 bits per heavy atom. The number of halogens is 3. The number of nitrogens with two attached hydrogens (primary N) is 1. The van der Waals surface area contributed by atoms with Gasteiger partial charge in [0.05, 0.1) is 25.3 Å². The molecule has 7 heteroatoms. The molecule has 2 rings (SSSR count). The molecule has 1 aromatic heterocycles. The summed E-state index contributed by atoms with van der Waals surface area (Å²) in [5.41, 5.74) is 5.55. The lowest BCUT2D eigenvalue weighted by Gasteiger charge is -2.16. The van der Waals surface area contributed by atoms with Crippen molar-refractivity contribution < 1.29 is 22.6 Å². The Bertz CT molecular complexity index is 669. The van der Waals surface area contributed by atoms with Gasteiger partial charge in [0, 0.05) is 6.07 Å². The number of benzene rings is 1. The normalized spacial score (nSPS) is 11.7. The minimum atomic E-state index is -4.53. The van der Waals surface area contributed by atoms with E-state index in [4.69, 9.17) is 15.2 Å². The number of ether oxygens (including phenoxy) is 2. The van der Waals surface area contributed by atoms with Crippen molar-refractivity contribution in [1.29, 1.82) is 0 Å². The van der Waals surface area contributed by atoms with Gasteiger partial charge in [0.1, 0.15) is 17.0 Å². The van der Waals surface area contributed by atoms with Crippen LogP contribution in [0.25, 0.3) is 10.9 Å². The van der Waals surface area contributed by atoms with E-state index in [1.165, 1.54) is 20.3 Å². The topological polar surface area (TPSA) is 57.4 Å². The van der Waals surface area contributed by atoms with Crippen molar-refractivity contribution in [2.75, 3.05) is 20.0 Å². The largest absolute Gasteiger partial charge is 0.494 e. The number of methoxy groups -OCH3 is 2. The fourth-order valence-electron chi connectivity index (χ4n) is 2.08. The van der Waals surface area contributed by atoms with Crippen molar-refractivity contribution >= 4 is 16.6 Å². The fourth-order valence-corrected chi connectivity index (χ4v) is 2.08. The zero-order valence-corrected chi connectivity index (χ0v) is 11.1. The maximum absolute atomic E-state index is 12.8. The summed E-state index contributed by atoms with van der Waals surface area (Å²) in [6, 6.07) is 2.36. The van der Waals surface area contributed by atoms with E-state index in [-0.39, 0.29) is 17.0 Å². The second-order valence-electron chi connectivity index (χ2n) is 4.25. The number of aryl methyl sites for hydroxylation is 1. The molecule has 0 saturated carbocycles. The number of aromatic nitrogens is 1.